The second-order valence-electron chi connectivity index (χ2n) is 4.62. The van der Waals surface area contributed by atoms with E-state index in [1.54, 1.807) is 20.0 Å². The molecule has 1 aromatic heterocycles. The van der Waals surface area contributed by atoms with Crippen LogP contribution in [0.2, 0.25) is 0 Å². The summed E-state index contributed by atoms with van der Waals surface area (Å²) in [5.41, 5.74) is 0.668. The van der Waals surface area contributed by atoms with Crippen LogP contribution >= 0.6 is 0 Å². The maximum Gasteiger partial charge on any atom is 0.418 e. The molecule has 4 heteroatoms. The van der Waals surface area contributed by atoms with E-state index in [0.29, 0.717) is 11.5 Å². The Morgan fingerprint density at radius 3 is 2.31 bits per heavy atom. The molecule has 0 saturated heterocycles. The SMILES string of the molecule is CC(C)c1c(C2CC2)cncc1C(F)(F)F. The fraction of sp³-hybridized carbons (Fsp3) is 0.583. The summed E-state index contributed by atoms with van der Waals surface area (Å²) in [7, 11) is 0. The number of nitrogens with zero attached hydrogens (tertiary/aromatic N) is 1. The Morgan fingerprint density at radius 2 is 1.88 bits per heavy atom. The summed E-state index contributed by atoms with van der Waals surface area (Å²) >= 11 is 0. The van der Waals surface area contributed by atoms with Gasteiger partial charge in [0.2, 0.25) is 0 Å². The molecule has 0 amide bonds. The number of alkyl halides is 3. The van der Waals surface area contributed by atoms with E-state index < -0.39 is 11.7 Å². The summed E-state index contributed by atoms with van der Waals surface area (Å²) in [5.74, 6) is 0.183. The molecule has 0 atom stereocenters. The fourth-order valence-electron chi connectivity index (χ4n) is 2.08. The molecule has 0 N–H and O–H groups in total. The van der Waals surface area contributed by atoms with Crippen LogP contribution in [0.5, 0.6) is 0 Å². The van der Waals surface area contributed by atoms with E-state index in [1.165, 1.54) is 0 Å². The van der Waals surface area contributed by atoms with E-state index in [2.05, 4.69) is 4.98 Å². The Hall–Kier alpha value is -1.06. The predicted molar refractivity (Wildman–Crippen MR) is 55.3 cm³/mol. The highest BCUT2D eigenvalue weighted by Crippen LogP contribution is 2.46. The van der Waals surface area contributed by atoms with Crippen molar-refractivity contribution in [2.75, 3.05) is 0 Å². The van der Waals surface area contributed by atoms with Crippen LogP contribution in [0, 0.1) is 0 Å². The zero-order valence-electron chi connectivity index (χ0n) is 9.30. The standard InChI is InChI=1S/C12H14F3N/c1-7(2)11-9(8-3-4-8)5-16-6-10(11)12(13,14)15/h5-8H,3-4H2,1-2H3. The van der Waals surface area contributed by atoms with Gasteiger partial charge in [0.15, 0.2) is 0 Å². The van der Waals surface area contributed by atoms with Crippen LogP contribution in [0.3, 0.4) is 0 Å². The highest BCUT2D eigenvalue weighted by molar-refractivity contribution is 5.40. The molecule has 1 aliphatic carbocycles. The lowest BCUT2D eigenvalue weighted by molar-refractivity contribution is -0.138. The Morgan fingerprint density at radius 1 is 1.25 bits per heavy atom. The van der Waals surface area contributed by atoms with Crippen molar-refractivity contribution >= 4 is 0 Å². The van der Waals surface area contributed by atoms with Crippen molar-refractivity contribution in [3.05, 3.63) is 29.1 Å². The zero-order valence-corrected chi connectivity index (χ0v) is 9.30. The molecule has 0 radical (unpaired) electrons. The minimum Gasteiger partial charge on any atom is -0.264 e. The highest BCUT2D eigenvalue weighted by Gasteiger charge is 2.38. The average molecular weight is 229 g/mol. The zero-order chi connectivity index (χ0) is 11.9. The molecule has 0 aromatic carbocycles. The summed E-state index contributed by atoms with van der Waals surface area (Å²) in [6.07, 6.45) is 0.229. The van der Waals surface area contributed by atoms with E-state index in [4.69, 9.17) is 0 Å². The van der Waals surface area contributed by atoms with Crippen LogP contribution in [0.25, 0.3) is 0 Å². The van der Waals surface area contributed by atoms with Gasteiger partial charge in [0.25, 0.3) is 0 Å². The summed E-state index contributed by atoms with van der Waals surface area (Å²) < 4.78 is 38.5. The molecule has 2 rings (SSSR count). The molecule has 16 heavy (non-hydrogen) atoms. The third kappa shape index (κ3) is 2.06. The van der Waals surface area contributed by atoms with E-state index in [-0.39, 0.29) is 5.92 Å². The number of aromatic nitrogens is 1. The Labute approximate surface area is 92.7 Å². The summed E-state index contributed by atoms with van der Waals surface area (Å²) in [6.45, 7) is 3.60. The lowest BCUT2D eigenvalue weighted by Gasteiger charge is -2.18. The van der Waals surface area contributed by atoms with Gasteiger partial charge in [0.05, 0.1) is 5.56 Å². The quantitative estimate of drug-likeness (QED) is 0.744. The van der Waals surface area contributed by atoms with Crippen LogP contribution in [0.15, 0.2) is 12.4 Å². The van der Waals surface area contributed by atoms with Crippen LogP contribution in [0.1, 0.15) is 55.2 Å². The number of hydrogen-bond acceptors (Lipinski definition) is 1. The Balaban J connectivity index is 2.55. The molecule has 1 nitrogen and oxygen atoms in total. The van der Waals surface area contributed by atoms with Crippen molar-refractivity contribution < 1.29 is 13.2 Å². The predicted octanol–water partition coefficient (Wildman–Crippen LogP) is 4.10. The molecule has 1 fully saturated rings. The van der Waals surface area contributed by atoms with Gasteiger partial charge in [-0.3, -0.25) is 4.98 Å². The van der Waals surface area contributed by atoms with E-state index in [9.17, 15) is 13.2 Å². The van der Waals surface area contributed by atoms with E-state index in [0.717, 1.165) is 24.6 Å². The first kappa shape index (κ1) is 11.4. The monoisotopic (exact) mass is 229 g/mol. The van der Waals surface area contributed by atoms with Gasteiger partial charge in [-0.15, -0.1) is 0 Å². The van der Waals surface area contributed by atoms with Gasteiger partial charge >= 0.3 is 6.18 Å². The molecule has 0 spiro atoms. The smallest absolute Gasteiger partial charge is 0.264 e. The molecule has 0 aliphatic heterocycles. The largest absolute Gasteiger partial charge is 0.418 e. The van der Waals surface area contributed by atoms with Gasteiger partial charge in [0, 0.05) is 12.4 Å². The minimum absolute atomic E-state index is 0.116. The number of halogens is 3. The second-order valence-corrected chi connectivity index (χ2v) is 4.62. The van der Waals surface area contributed by atoms with Gasteiger partial charge in [-0.1, -0.05) is 13.8 Å². The topological polar surface area (TPSA) is 12.9 Å². The second kappa shape index (κ2) is 3.75. The van der Waals surface area contributed by atoms with Gasteiger partial charge in [-0.25, -0.2) is 0 Å². The van der Waals surface area contributed by atoms with Gasteiger partial charge in [-0.05, 0) is 35.8 Å². The number of rotatable bonds is 2. The third-order valence-corrected chi connectivity index (χ3v) is 2.92. The Bertz CT molecular complexity index is 392. The van der Waals surface area contributed by atoms with Crippen LogP contribution in [0.4, 0.5) is 13.2 Å². The van der Waals surface area contributed by atoms with Crippen molar-refractivity contribution in [3.8, 4) is 0 Å². The van der Waals surface area contributed by atoms with Crippen molar-refractivity contribution in [2.45, 2.75) is 44.7 Å². The molecule has 1 aliphatic rings. The highest BCUT2D eigenvalue weighted by atomic mass is 19.4. The number of pyridine rings is 1. The lowest BCUT2D eigenvalue weighted by Crippen LogP contribution is -2.13. The van der Waals surface area contributed by atoms with Crippen molar-refractivity contribution in [1.82, 2.24) is 4.98 Å². The molecule has 0 unspecified atom stereocenters. The maximum atomic E-state index is 12.8. The Kier molecular flexibility index (Phi) is 2.68. The average Bonchev–Trinajstić information content (AvgIpc) is 2.98. The lowest BCUT2D eigenvalue weighted by atomic mass is 9.92. The molecule has 88 valence electrons. The van der Waals surface area contributed by atoms with E-state index >= 15 is 0 Å². The van der Waals surface area contributed by atoms with Crippen LogP contribution in [-0.2, 0) is 6.18 Å². The molecular weight excluding hydrogens is 215 g/mol. The van der Waals surface area contributed by atoms with E-state index in [1.807, 2.05) is 0 Å². The van der Waals surface area contributed by atoms with Gasteiger partial charge in [0.1, 0.15) is 0 Å². The molecular formula is C12H14F3N. The van der Waals surface area contributed by atoms with Crippen molar-refractivity contribution in [1.29, 1.82) is 0 Å². The van der Waals surface area contributed by atoms with Crippen LogP contribution < -0.4 is 0 Å². The summed E-state index contributed by atoms with van der Waals surface area (Å²) in [4.78, 5) is 3.74. The molecule has 1 aromatic rings. The summed E-state index contributed by atoms with van der Waals surface area (Å²) in [5, 5.41) is 0. The minimum atomic E-state index is -4.29. The summed E-state index contributed by atoms with van der Waals surface area (Å²) in [6, 6.07) is 0. The van der Waals surface area contributed by atoms with Crippen LogP contribution in [-0.4, -0.2) is 4.98 Å². The molecule has 1 heterocycles. The first-order valence-corrected chi connectivity index (χ1v) is 5.46. The number of hydrogen-bond donors (Lipinski definition) is 0. The van der Waals surface area contributed by atoms with Gasteiger partial charge < -0.3 is 0 Å². The first-order chi connectivity index (χ1) is 7.41. The van der Waals surface area contributed by atoms with Crippen molar-refractivity contribution in [2.24, 2.45) is 0 Å². The third-order valence-electron chi connectivity index (χ3n) is 2.92. The van der Waals surface area contributed by atoms with Crippen molar-refractivity contribution in [3.63, 3.8) is 0 Å². The molecule has 0 bridgehead atoms. The van der Waals surface area contributed by atoms with Gasteiger partial charge in [-0.2, -0.15) is 13.2 Å². The normalized spacial score (nSPS) is 16.9. The first-order valence-electron chi connectivity index (χ1n) is 5.46. The maximum absolute atomic E-state index is 12.8. The molecule has 1 saturated carbocycles. The fourth-order valence-corrected chi connectivity index (χ4v) is 2.08.